The second kappa shape index (κ2) is 8.84. The predicted octanol–water partition coefficient (Wildman–Crippen LogP) is 4.69. The van der Waals surface area contributed by atoms with Crippen LogP contribution >= 0.6 is 11.3 Å². The van der Waals surface area contributed by atoms with Crippen molar-refractivity contribution in [2.24, 2.45) is 0 Å². The zero-order chi connectivity index (χ0) is 22.9. The monoisotopic (exact) mass is 464 g/mol. The highest BCUT2D eigenvalue weighted by molar-refractivity contribution is 7.22. The standard InChI is InChI=1S/C24H24N4O4S/c1-28-10-4-5-18(28)23(29)27-24-26-16-7-6-14(11-22(16)33-24)32-19-8-9-25-17-13-21(31-3)20(30-2)12-15(17)19/h6-9,11-13,18H,4-5,10H2,1-3H3,(H,26,27,29). The quantitative estimate of drug-likeness (QED) is 0.443. The van der Waals surface area contributed by atoms with E-state index in [1.807, 2.05) is 43.4 Å². The van der Waals surface area contributed by atoms with Crippen LogP contribution in [0.25, 0.3) is 21.1 Å². The molecule has 2 aromatic heterocycles. The average Bonchev–Trinajstić information content (AvgIpc) is 3.43. The zero-order valence-corrected chi connectivity index (χ0v) is 19.4. The lowest BCUT2D eigenvalue weighted by atomic mass is 10.2. The number of pyridine rings is 1. The van der Waals surface area contributed by atoms with Gasteiger partial charge in [0.1, 0.15) is 11.5 Å². The van der Waals surface area contributed by atoms with Crippen LogP contribution < -0.4 is 19.5 Å². The number of hydrogen-bond donors (Lipinski definition) is 1. The van der Waals surface area contributed by atoms with Gasteiger partial charge in [0.15, 0.2) is 16.6 Å². The van der Waals surface area contributed by atoms with E-state index in [4.69, 9.17) is 14.2 Å². The number of nitrogens with one attached hydrogen (secondary N) is 1. The van der Waals surface area contributed by atoms with Gasteiger partial charge in [-0.05, 0) is 50.7 Å². The summed E-state index contributed by atoms with van der Waals surface area (Å²) in [6.45, 7) is 0.945. The smallest absolute Gasteiger partial charge is 0.243 e. The molecule has 1 amide bonds. The van der Waals surface area contributed by atoms with E-state index in [9.17, 15) is 4.79 Å². The van der Waals surface area contributed by atoms with Crippen molar-refractivity contribution in [3.05, 3.63) is 42.6 Å². The summed E-state index contributed by atoms with van der Waals surface area (Å²) in [5.74, 6) is 2.54. The van der Waals surface area contributed by atoms with Crippen molar-refractivity contribution in [2.75, 3.05) is 33.1 Å². The van der Waals surface area contributed by atoms with Crippen molar-refractivity contribution in [2.45, 2.75) is 18.9 Å². The van der Waals surface area contributed by atoms with Gasteiger partial charge < -0.3 is 19.5 Å². The molecule has 0 spiro atoms. The highest BCUT2D eigenvalue weighted by Gasteiger charge is 2.28. The van der Waals surface area contributed by atoms with Gasteiger partial charge in [-0.3, -0.25) is 14.7 Å². The molecule has 1 N–H and O–H groups in total. The molecule has 0 bridgehead atoms. The van der Waals surface area contributed by atoms with Gasteiger partial charge in [0, 0.05) is 23.7 Å². The van der Waals surface area contributed by atoms with E-state index >= 15 is 0 Å². The Hall–Kier alpha value is -3.43. The van der Waals surface area contributed by atoms with Crippen molar-refractivity contribution in [3.63, 3.8) is 0 Å². The van der Waals surface area contributed by atoms with Crippen molar-refractivity contribution >= 4 is 43.5 Å². The number of fused-ring (bicyclic) bond motifs is 2. The summed E-state index contributed by atoms with van der Waals surface area (Å²) in [6.07, 6.45) is 3.61. The van der Waals surface area contributed by atoms with E-state index in [-0.39, 0.29) is 11.9 Å². The summed E-state index contributed by atoms with van der Waals surface area (Å²) in [4.78, 5) is 23.7. The number of likely N-dealkylation sites (N-methyl/N-ethyl adjacent to an activating group) is 1. The summed E-state index contributed by atoms with van der Waals surface area (Å²) in [5.41, 5.74) is 1.55. The van der Waals surface area contributed by atoms with Gasteiger partial charge in [-0.2, -0.15) is 0 Å². The number of aromatic nitrogens is 2. The molecule has 1 saturated heterocycles. The van der Waals surface area contributed by atoms with Crippen LogP contribution in [0.4, 0.5) is 5.13 Å². The van der Waals surface area contributed by atoms with Gasteiger partial charge >= 0.3 is 0 Å². The first-order valence-corrected chi connectivity index (χ1v) is 11.5. The predicted molar refractivity (Wildman–Crippen MR) is 129 cm³/mol. The number of benzene rings is 2. The van der Waals surface area contributed by atoms with Crippen LogP contribution in [0.2, 0.25) is 0 Å². The number of nitrogens with zero attached hydrogens (tertiary/aromatic N) is 3. The third-order valence-electron chi connectivity index (χ3n) is 5.85. The largest absolute Gasteiger partial charge is 0.493 e. The Balaban J connectivity index is 1.40. The maximum Gasteiger partial charge on any atom is 0.243 e. The van der Waals surface area contributed by atoms with Crippen LogP contribution in [-0.2, 0) is 4.79 Å². The number of methoxy groups -OCH3 is 2. The second-order valence-corrected chi connectivity index (χ2v) is 8.94. The van der Waals surface area contributed by atoms with Crippen LogP contribution in [-0.4, -0.2) is 54.6 Å². The lowest BCUT2D eigenvalue weighted by Gasteiger charge is -2.17. The maximum absolute atomic E-state index is 12.6. The molecular formula is C24H24N4O4S. The number of likely N-dealkylation sites (tertiary alicyclic amines) is 1. The van der Waals surface area contributed by atoms with Crippen LogP contribution in [0.15, 0.2) is 42.6 Å². The summed E-state index contributed by atoms with van der Waals surface area (Å²) < 4.78 is 17.9. The Kier molecular flexibility index (Phi) is 5.74. The molecule has 0 aliphatic carbocycles. The van der Waals surface area contributed by atoms with Gasteiger partial charge in [-0.15, -0.1) is 0 Å². The van der Waals surface area contributed by atoms with Gasteiger partial charge in [-0.25, -0.2) is 4.98 Å². The first-order chi connectivity index (χ1) is 16.1. The van der Waals surface area contributed by atoms with Crippen molar-refractivity contribution < 1.29 is 19.0 Å². The molecule has 3 heterocycles. The average molecular weight is 465 g/mol. The van der Waals surface area contributed by atoms with E-state index in [1.165, 1.54) is 11.3 Å². The maximum atomic E-state index is 12.6. The molecule has 1 fully saturated rings. The summed E-state index contributed by atoms with van der Waals surface area (Å²) in [6, 6.07) is 11.1. The summed E-state index contributed by atoms with van der Waals surface area (Å²) >= 11 is 1.43. The minimum absolute atomic E-state index is 0.00170. The van der Waals surface area contributed by atoms with Gasteiger partial charge in [0.05, 0.1) is 36.0 Å². The Labute approximate surface area is 195 Å². The van der Waals surface area contributed by atoms with E-state index < -0.39 is 0 Å². The third-order valence-corrected chi connectivity index (χ3v) is 6.78. The fraction of sp³-hybridized carbons (Fsp3) is 0.292. The molecule has 33 heavy (non-hydrogen) atoms. The number of amides is 1. The Morgan fingerprint density at radius 1 is 1.09 bits per heavy atom. The lowest BCUT2D eigenvalue weighted by Crippen LogP contribution is -2.37. The fourth-order valence-electron chi connectivity index (χ4n) is 4.12. The number of rotatable bonds is 6. The number of anilines is 1. The number of hydrogen-bond acceptors (Lipinski definition) is 8. The SMILES string of the molecule is COc1cc2nccc(Oc3ccc4nc(NC(=O)C5CCCN5C)sc4c3)c2cc1OC. The van der Waals surface area contributed by atoms with Crippen LogP contribution in [0, 0.1) is 0 Å². The molecule has 8 nitrogen and oxygen atoms in total. The third kappa shape index (κ3) is 4.17. The fourth-order valence-corrected chi connectivity index (χ4v) is 5.01. The normalized spacial score (nSPS) is 16.3. The van der Waals surface area contributed by atoms with Crippen molar-refractivity contribution in [1.82, 2.24) is 14.9 Å². The minimum Gasteiger partial charge on any atom is -0.493 e. The Bertz CT molecular complexity index is 1340. The van der Waals surface area contributed by atoms with Gasteiger partial charge in [0.2, 0.25) is 5.91 Å². The van der Waals surface area contributed by atoms with Gasteiger partial charge in [0.25, 0.3) is 0 Å². The number of carbonyl (C=O) groups is 1. The van der Waals surface area contributed by atoms with Gasteiger partial charge in [-0.1, -0.05) is 11.3 Å². The Morgan fingerprint density at radius 3 is 2.67 bits per heavy atom. The van der Waals surface area contributed by atoms with Crippen LogP contribution in [0.5, 0.6) is 23.0 Å². The van der Waals surface area contributed by atoms with Crippen LogP contribution in [0.1, 0.15) is 12.8 Å². The summed E-state index contributed by atoms with van der Waals surface area (Å²) in [7, 11) is 5.17. The number of carbonyl (C=O) groups excluding carboxylic acids is 1. The molecule has 170 valence electrons. The molecule has 5 rings (SSSR count). The topological polar surface area (TPSA) is 85.8 Å². The first-order valence-electron chi connectivity index (χ1n) is 10.7. The van der Waals surface area contributed by atoms with Crippen molar-refractivity contribution in [3.8, 4) is 23.0 Å². The Morgan fingerprint density at radius 2 is 1.91 bits per heavy atom. The van der Waals surface area contributed by atoms with E-state index in [0.717, 1.165) is 40.5 Å². The highest BCUT2D eigenvalue weighted by Crippen LogP contribution is 2.38. The highest BCUT2D eigenvalue weighted by atomic mass is 32.1. The minimum atomic E-state index is -0.0912. The molecule has 4 aromatic rings. The number of thiazole rings is 1. The summed E-state index contributed by atoms with van der Waals surface area (Å²) in [5, 5.41) is 4.38. The molecule has 0 saturated carbocycles. The van der Waals surface area contributed by atoms with Crippen molar-refractivity contribution in [1.29, 1.82) is 0 Å². The molecule has 9 heteroatoms. The van der Waals surface area contributed by atoms with Crippen LogP contribution in [0.3, 0.4) is 0 Å². The number of ether oxygens (including phenoxy) is 3. The lowest BCUT2D eigenvalue weighted by molar-refractivity contribution is -0.119. The molecule has 1 aliphatic heterocycles. The molecule has 1 unspecified atom stereocenters. The molecule has 1 atom stereocenters. The molecular weight excluding hydrogens is 440 g/mol. The second-order valence-electron chi connectivity index (χ2n) is 7.91. The molecule has 0 radical (unpaired) electrons. The molecule has 1 aliphatic rings. The first kappa shape index (κ1) is 21.4. The van der Waals surface area contributed by atoms with E-state index in [1.54, 1.807) is 20.4 Å². The van der Waals surface area contributed by atoms with E-state index in [2.05, 4.69) is 20.2 Å². The molecule has 2 aromatic carbocycles. The zero-order valence-electron chi connectivity index (χ0n) is 18.6. The van der Waals surface area contributed by atoms with E-state index in [0.29, 0.717) is 28.1 Å².